The van der Waals surface area contributed by atoms with E-state index in [9.17, 15) is 9.59 Å². The summed E-state index contributed by atoms with van der Waals surface area (Å²) >= 11 is 0. The number of alkyl carbamates (subject to hydrolysis) is 1. The summed E-state index contributed by atoms with van der Waals surface area (Å²) in [5, 5.41) is 9.52. The fourth-order valence-electron chi connectivity index (χ4n) is 2.36. The van der Waals surface area contributed by atoms with Crippen LogP contribution in [0.4, 0.5) is 4.79 Å². The molecule has 2 atom stereocenters. The number of rotatable bonds is 5. The molecule has 0 spiro atoms. The number of hydrogen-bond acceptors (Lipinski definition) is 6. The van der Waals surface area contributed by atoms with Gasteiger partial charge in [0.1, 0.15) is 12.2 Å². The van der Waals surface area contributed by atoms with Gasteiger partial charge in [-0.15, -0.1) is 0 Å². The molecule has 1 aromatic rings. The van der Waals surface area contributed by atoms with Crippen LogP contribution in [0.15, 0.2) is 35.4 Å². The normalized spacial score (nSPS) is 18.8. The molecule has 1 heterocycles. The molecule has 0 radical (unpaired) electrons. The molecule has 1 aliphatic rings. The summed E-state index contributed by atoms with van der Waals surface area (Å²) in [5.41, 5.74) is 8.93. The van der Waals surface area contributed by atoms with Gasteiger partial charge in [-0.25, -0.2) is 4.79 Å². The molecule has 2 N–H and O–H groups in total. The number of benzene rings is 1. The van der Waals surface area contributed by atoms with Gasteiger partial charge in [-0.3, -0.25) is 4.79 Å². The molecule has 9 heteroatoms. The van der Waals surface area contributed by atoms with Crippen LogP contribution in [0.3, 0.4) is 0 Å². The summed E-state index contributed by atoms with van der Waals surface area (Å²) in [7, 11) is 0. The maximum absolute atomic E-state index is 11.6. The van der Waals surface area contributed by atoms with Crippen LogP contribution in [0.5, 0.6) is 0 Å². The zero-order valence-corrected chi connectivity index (χ0v) is 15.9. The van der Waals surface area contributed by atoms with Crippen molar-refractivity contribution in [2.24, 2.45) is 5.11 Å². The molecule has 0 unspecified atom stereocenters. The number of amides is 1. The van der Waals surface area contributed by atoms with E-state index >= 15 is 0 Å². The zero-order valence-electron chi connectivity index (χ0n) is 15.9. The largest absolute Gasteiger partial charge is 0.463 e. The molecule has 0 saturated carbocycles. The first-order valence-corrected chi connectivity index (χ1v) is 8.69. The van der Waals surface area contributed by atoms with E-state index in [2.05, 4.69) is 25.4 Å². The molecule has 27 heavy (non-hydrogen) atoms. The predicted molar refractivity (Wildman–Crippen MR) is 101 cm³/mol. The number of ether oxygens (including phenoxy) is 2. The number of azide groups is 1. The van der Waals surface area contributed by atoms with Gasteiger partial charge in [0.25, 0.3) is 6.47 Å². The van der Waals surface area contributed by atoms with Gasteiger partial charge in [0.05, 0.1) is 6.04 Å². The standard InChI is InChI=1S/C10H19N5O2.C8H8O2/c1-10(2,3)17-9(16)13-7-4-5-12-6-8(7)14-15-11;9-7-10-6-8-4-2-1-3-5-8/h7-8,12H,4-6H2,1-3H3,(H,13,16);1-5,7H,6H2/t7-,8+;/m0./s1. The average Bonchev–Trinajstić information content (AvgIpc) is 2.62. The molecule has 1 aliphatic heterocycles. The van der Waals surface area contributed by atoms with Gasteiger partial charge in [0, 0.05) is 17.5 Å². The van der Waals surface area contributed by atoms with Crippen LogP contribution in [0, 0.1) is 0 Å². The van der Waals surface area contributed by atoms with E-state index in [0.717, 1.165) is 18.5 Å². The number of carbonyl (C=O) groups is 2. The Morgan fingerprint density at radius 3 is 2.70 bits per heavy atom. The molecule has 1 fully saturated rings. The van der Waals surface area contributed by atoms with Crippen LogP contribution in [0.2, 0.25) is 0 Å². The van der Waals surface area contributed by atoms with E-state index in [-0.39, 0.29) is 12.1 Å². The first kappa shape index (κ1) is 22.3. The first-order valence-electron chi connectivity index (χ1n) is 8.69. The summed E-state index contributed by atoms with van der Waals surface area (Å²) in [6, 6.07) is 9.12. The van der Waals surface area contributed by atoms with Gasteiger partial charge < -0.3 is 20.1 Å². The molecule has 1 amide bonds. The van der Waals surface area contributed by atoms with Crippen molar-refractivity contribution in [1.29, 1.82) is 0 Å². The Labute approximate surface area is 159 Å². The van der Waals surface area contributed by atoms with E-state index in [4.69, 9.17) is 10.3 Å². The Bertz CT molecular complexity index is 626. The third-order valence-electron chi connectivity index (χ3n) is 3.51. The summed E-state index contributed by atoms with van der Waals surface area (Å²) < 4.78 is 9.70. The highest BCUT2D eigenvalue weighted by Crippen LogP contribution is 2.11. The Morgan fingerprint density at radius 2 is 2.11 bits per heavy atom. The van der Waals surface area contributed by atoms with E-state index in [1.165, 1.54) is 0 Å². The van der Waals surface area contributed by atoms with Crippen LogP contribution >= 0.6 is 0 Å². The fourth-order valence-corrected chi connectivity index (χ4v) is 2.36. The Morgan fingerprint density at radius 1 is 1.41 bits per heavy atom. The van der Waals surface area contributed by atoms with Crippen molar-refractivity contribution in [3.05, 3.63) is 46.3 Å². The maximum atomic E-state index is 11.6. The van der Waals surface area contributed by atoms with Crippen molar-refractivity contribution in [1.82, 2.24) is 10.6 Å². The van der Waals surface area contributed by atoms with Crippen LogP contribution < -0.4 is 10.6 Å². The van der Waals surface area contributed by atoms with Crippen molar-refractivity contribution in [3.63, 3.8) is 0 Å². The summed E-state index contributed by atoms with van der Waals surface area (Å²) in [6.45, 7) is 7.60. The Hall–Kier alpha value is -2.77. The second-order valence-corrected chi connectivity index (χ2v) is 6.91. The SMILES string of the molecule is CC(C)(C)OC(=O)N[C@H]1CCNC[C@H]1N=[N+]=[N-].O=COCc1ccccc1. The Balaban J connectivity index is 0.000000309. The Kier molecular flexibility index (Phi) is 9.71. The lowest BCUT2D eigenvalue weighted by atomic mass is 10.0. The molecular weight excluding hydrogens is 350 g/mol. The number of nitrogens with zero attached hydrogens (tertiary/aromatic N) is 3. The summed E-state index contributed by atoms with van der Waals surface area (Å²) in [6.07, 6.45) is 0.255. The maximum Gasteiger partial charge on any atom is 0.407 e. The second kappa shape index (κ2) is 11.8. The highest BCUT2D eigenvalue weighted by atomic mass is 16.6. The van der Waals surface area contributed by atoms with Crippen LogP contribution in [0.25, 0.3) is 10.4 Å². The number of hydrogen-bond donors (Lipinski definition) is 2. The molecular formula is C18H27N5O4. The molecule has 9 nitrogen and oxygen atoms in total. The molecule has 148 valence electrons. The summed E-state index contributed by atoms with van der Waals surface area (Å²) in [5.74, 6) is 0. The van der Waals surface area contributed by atoms with Crippen molar-refractivity contribution in [2.75, 3.05) is 13.1 Å². The monoisotopic (exact) mass is 377 g/mol. The van der Waals surface area contributed by atoms with Crippen molar-refractivity contribution < 1.29 is 19.1 Å². The minimum atomic E-state index is -0.523. The number of nitrogens with one attached hydrogen (secondary N) is 2. The fraction of sp³-hybridized carbons (Fsp3) is 0.556. The molecule has 2 rings (SSSR count). The van der Waals surface area contributed by atoms with Gasteiger partial charge in [0.15, 0.2) is 0 Å². The van der Waals surface area contributed by atoms with Crippen molar-refractivity contribution >= 4 is 12.6 Å². The lowest BCUT2D eigenvalue weighted by Gasteiger charge is -2.30. The minimum Gasteiger partial charge on any atom is -0.463 e. The molecule has 0 aliphatic carbocycles. The van der Waals surface area contributed by atoms with Gasteiger partial charge >= 0.3 is 6.09 Å². The highest BCUT2D eigenvalue weighted by molar-refractivity contribution is 5.68. The van der Waals surface area contributed by atoms with E-state index in [1.54, 1.807) is 20.8 Å². The first-order chi connectivity index (χ1) is 12.9. The van der Waals surface area contributed by atoms with E-state index < -0.39 is 11.7 Å². The lowest BCUT2D eigenvalue weighted by molar-refractivity contribution is -0.129. The summed E-state index contributed by atoms with van der Waals surface area (Å²) in [4.78, 5) is 24.1. The quantitative estimate of drug-likeness (QED) is 0.353. The zero-order chi connectivity index (χ0) is 20.1. The number of piperidine rings is 1. The second-order valence-electron chi connectivity index (χ2n) is 6.91. The molecule has 1 saturated heterocycles. The topological polar surface area (TPSA) is 125 Å². The highest BCUT2D eigenvalue weighted by Gasteiger charge is 2.27. The average molecular weight is 377 g/mol. The van der Waals surface area contributed by atoms with Crippen molar-refractivity contribution in [3.8, 4) is 0 Å². The number of carbonyl (C=O) groups excluding carboxylic acids is 2. The third-order valence-corrected chi connectivity index (χ3v) is 3.51. The van der Waals surface area contributed by atoms with Crippen LogP contribution in [0.1, 0.15) is 32.8 Å². The minimum absolute atomic E-state index is 0.165. The third kappa shape index (κ3) is 10.1. The lowest BCUT2D eigenvalue weighted by Crippen LogP contribution is -2.52. The van der Waals surface area contributed by atoms with Gasteiger partial charge in [-0.05, 0) is 44.8 Å². The van der Waals surface area contributed by atoms with Crippen LogP contribution in [-0.4, -0.2) is 43.3 Å². The van der Waals surface area contributed by atoms with Gasteiger partial charge in [-0.1, -0.05) is 35.4 Å². The molecule has 0 bridgehead atoms. The molecule has 0 aromatic heterocycles. The smallest absolute Gasteiger partial charge is 0.407 e. The van der Waals surface area contributed by atoms with Crippen LogP contribution in [-0.2, 0) is 20.9 Å². The van der Waals surface area contributed by atoms with E-state index in [1.807, 2.05) is 30.3 Å². The predicted octanol–water partition coefficient (Wildman–Crippen LogP) is 2.91. The van der Waals surface area contributed by atoms with Crippen molar-refractivity contribution in [2.45, 2.75) is 51.5 Å². The van der Waals surface area contributed by atoms with Gasteiger partial charge in [-0.2, -0.15) is 0 Å². The molecule has 1 aromatic carbocycles. The van der Waals surface area contributed by atoms with Gasteiger partial charge in [0.2, 0.25) is 0 Å². The van der Waals surface area contributed by atoms with E-state index in [0.29, 0.717) is 19.6 Å².